The summed E-state index contributed by atoms with van der Waals surface area (Å²) in [6, 6.07) is 27.8. The van der Waals surface area contributed by atoms with E-state index in [9.17, 15) is 20.8 Å². The second-order valence-corrected chi connectivity index (χ2v) is 12.4. The Labute approximate surface area is 296 Å². The van der Waals surface area contributed by atoms with Crippen LogP contribution < -0.4 is 18.9 Å². The second kappa shape index (κ2) is 12.1. The van der Waals surface area contributed by atoms with Gasteiger partial charge in [0.2, 0.25) is 11.4 Å². The number of H-pyrrole nitrogens is 2. The monoisotopic (exact) mass is 681 g/mol. The summed E-state index contributed by atoms with van der Waals surface area (Å²) >= 11 is 0. The number of nitrogens with one attached hydrogen (secondary N) is 2. The topological polar surface area (TPSA) is 152 Å². The smallest absolute Gasteiger partial charge is 0.227 e. The second-order valence-electron chi connectivity index (χ2n) is 12.4. The van der Waals surface area contributed by atoms with Crippen LogP contribution in [0.4, 0.5) is 0 Å². The number of fused-ring (bicyclic) bond motifs is 8. The summed E-state index contributed by atoms with van der Waals surface area (Å²) in [5.74, 6) is 0. The third kappa shape index (κ3) is 5.20. The lowest BCUT2D eigenvalue weighted by atomic mass is 10.0. The maximum absolute atomic E-state index is 14.7. The minimum absolute atomic E-state index is 0.345. The van der Waals surface area contributed by atoms with Crippen molar-refractivity contribution in [2.75, 3.05) is 0 Å². The van der Waals surface area contributed by atoms with Crippen LogP contribution in [0.25, 0.3) is 90.9 Å². The number of aromatic amines is 2. The first-order chi connectivity index (χ1) is 25.4. The lowest BCUT2D eigenvalue weighted by Gasteiger charge is -2.08. The van der Waals surface area contributed by atoms with Crippen molar-refractivity contribution < 1.29 is 18.9 Å². The van der Waals surface area contributed by atoms with Crippen molar-refractivity contribution in [2.45, 2.75) is 0 Å². The van der Waals surface area contributed by atoms with Crippen molar-refractivity contribution >= 4 is 46.4 Å². The van der Waals surface area contributed by atoms with Crippen LogP contribution in [0.15, 0.2) is 128 Å². The fraction of sp³-hybridized carbons (Fsp3) is 0. The molecule has 52 heavy (non-hydrogen) atoms. The van der Waals surface area contributed by atoms with E-state index in [0.29, 0.717) is 71.0 Å². The molecule has 1 aromatic carbocycles. The van der Waals surface area contributed by atoms with Gasteiger partial charge in [-0.1, -0.05) is 30.3 Å². The molecule has 0 amide bonds. The van der Waals surface area contributed by atoms with Gasteiger partial charge in [-0.2, -0.15) is 18.9 Å². The summed E-state index contributed by atoms with van der Waals surface area (Å²) in [4.78, 5) is 12.3. The number of pyridine rings is 3. The van der Waals surface area contributed by atoms with Crippen LogP contribution in [0.5, 0.6) is 0 Å². The molecule has 0 saturated carbocycles. The standard InChI is InChI=1S/C41H27N7O4/c49-45-20-14-27(15-21-45)39-32-7-6-30(42-32)38(26-4-2-1-3-5-26)31-8-10-34(43-31)40(28-16-22-46(50)23-17-28)36-12-13-37(48(36)52)41(35-11-9-33(39)44-35)29-18-24-47(51)25-19-29/h1-25,43-44H. The molecule has 0 fully saturated rings. The lowest BCUT2D eigenvalue weighted by molar-refractivity contribution is -0.605. The Hall–Kier alpha value is -7.53. The Bertz CT molecular complexity index is 2750. The largest absolute Gasteiger partial charge is 0.619 e. The SMILES string of the molecule is [O-][n+]1ccc(-c2c3nc(c(-c4ccccc4)c4ccc([nH]4)c(-c4cc[n+]([O-])cc4)c4[n+]([O-])c(c(-c5cc[n+]([O-])cc5)c5ccc2[nH]5)C=C4)C=C3)cc1. The van der Waals surface area contributed by atoms with Crippen molar-refractivity contribution in [1.29, 1.82) is 0 Å². The van der Waals surface area contributed by atoms with Crippen LogP contribution in [-0.4, -0.2) is 15.0 Å². The predicted molar refractivity (Wildman–Crippen MR) is 199 cm³/mol. The minimum Gasteiger partial charge on any atom is -0.619 e. The van der Waals surface area contributed by atoms with Crippen LogP contribution in [-0.2, 0) is 0 Å². The molecule has 0 aliphatic carbocycles. The predicted octanol–water partition coefficient (Wildman–Crippen LogP) is 6.46. The zero-order valence-corrected chi connectivity index (χ0v) is 27.3. The van der Waals surface area contributed by atoms with Gasteiger partial charge in [0, 0.05) is 81.8 Å². The summed E-state index contributed by atoms with van der Waals surface area (Å²) in [6.07, 6.45) is 15.9. The van der Waals surface area contributed by atoms with E-state index in [1.807, 2.05) is 66.7 Å². The molecule has 250 valence electrons. The first-order valence-corrected chi connectivity index (χ1v) is 16.5. The summed E-state index contributed by atoms with van der Waals surface area (Å²) in [7, 11) is 0. The third-order valence-corrected chi connectivity index (χ3v) is 9.29. The molecule has 2 aliphatic rings. The van der Waals surface area contributed by atoms with Gasteiger partial charge >= 0.3 is 0 Å². The van der Waals surface area contributed by atoms with Gasteiger partial charge in [-0.15, -0.1) is 0 Å². The molecule has 8 bridgehead atoms. The van der Waals surface area contributed by atoms with Gasteiger partial charge in [-0.3, -0.25) is 0 Å². The van der Waals surface area contributed by atoms with Crippen LogP contribution in [0, 0.1) is 20.8 Å². The van der Waals surface area contributed by atoms with E-state index in [0.717, 1.165) is 37.2 Å². The van der Waals surface area contributed by atoms with E-state index in [4.69, 9.17) is 4.98 Å². The fourth-order valence-corrected chi connectivity index (χ4v) is 6.92. The Morgan fingerprint density at radius 1 is 0.385 bits per heavy atom. The maximum atomic E-state index is 14.7. The summed E-state index contributed by atoms with van der Waals surface area (Å²) in [5.41, 5.74) is 10.6. The van der Waals surface area contributed by atoms with Crippen molar-refractivity contribution in [1.82, 2.24) is 15.0 Å². The highest BCUT2D eigenvalue weighted by molar-refractivity contribution is 5.98. The van der Waals surface area contributed by atoms with Crippen LogP contribution in [0.2, 0.25) is 0 Å². The van der Waals surface area contributed by atoms with Gasteiger partial charge in [0.25, 0.3) is 0 Å². The van der Waals surface area contributed by atoms with E-state index in [-0.39, 0.29) is 0 Å². The fourth-order valence-electron chi connectivity index (χ4n) is 6.92. The van der Waals surface area contributed by atoms with Crippen molar-refractivity contribution in [2.24, 2.45) is 0 Å². The van der Waals surface area contributed by atoms with Gasteiger partial charge in [-0.05, 0) is 47.5 Å². The van der Waals surface area contributed by atoms with E-state index in [2.05, 4.69) is 9.97 Å². The number of hydrogen-bond acceptors (Lipinski definition) is 5. The molecule has 0 unspecified atom stereocenters. The Morgan fingerprint density at radius 2 is 0.731 bits per heavy atom. The molecular formula is C41H27N7O4. The van der Waals surface area contributed by atoms with Gasteiger partial charge in [0.1, 0.15) is 0 Å². The van der Waals surface area contributed by atoms with Gasteiger partial charge in [0.05, 0.1) is 33.5 Å². The third-order valence-electron chi connectivity index (χ3n) is 9.29. The van der Waals surface area contributed by atoms with Crippen LogP contribution in [0.1, 0.15) is 22.8 Å². The Kier molecular flexibility index (Phi) is 7.11. The van der Waals surface area contributed by atoms with E-state index < -0.39 is 0 Å². The molecule has 6 aromatic heterocycles. The lowest BCUT2D eigenvalue weighted by Crippen LogP contribution is -2.31. The normalized spacial score (nSPS) is 12.0. The molecule has 11 nitrogen and oxygen atoms in total. The quantitative estimate of drug-likeness (QED) is 0.161. The molecule has 9 rings (SSSR count). The molecule has 2 N–H and O–H groups in total. The van der Waals surface area contributed by atoms with Crippen LogP contribution in [0.3, 0.4) is 0 Å². The van der Waals surface area contributed by atoms with Gasteiger partial charge in [-0.25, -0.2) is 4.98 Å². The van der Waals surface area contributed by atoms with Gasteiger partial charge in [0.15, 0.2) is 37.2 Å². The molecule has 7 aromatic rings. The van der Waals surface area contributed by atoms with E-state index in [1.54, 1.807) is 48.6 Å². The molecule has 0 saturated heterocycles. The molecule has 0 spiro atoms. The summed E-state index contributed by atoms with van der Waals surface area (Å²) in [6.45, 7) is 0. The molecule has 0 atom stereocenters. The maximum Gasteiger partial charge on any atom is 0.227 e. The number of rotatable bonds is 4. The molecule has 2 aliphatic heterocycles. The first kappa shape index (κ1) is 30.5. The summed E-state index contributed by atoms with van der Waals surface area (Å²) in [5, 5.41) is 51.0. The van der Waals surface area contributed by atoms with Crippen molar-refractivity contribution in [3.63, 3.8) is 0 Å². The summed E-state index contributed by atoms with van der Waals surface area (Å²) < 4.78 is 3.01. The van der Waals surface area contributed by atoms with E-state index in [1.165, 1.54) is 37.2 Å². The highest BCUT2D eigenvalue weighted by Gasteiger charge is 2.25. The van der Waals surface area contributed by atoms with Crippen molar-refractivity contribution in [3.05, 3.63) is 172 Å². The number of benzene rings is 1. The average Bonchev–Trinajstić information content (AvgIpc) is 3.99. The molecular weight excluding hydrogens is 654 g/mol. The van der Waals surface area contributed by atoms with Crippen LogP contribution >= 0.6 is 0 Å². The van der Waals surface area contributed by atoms with Gasteiger partial charge < -0.3 is 30.8 Å². The number of hydrogen-bond donors (Lipinski definition) is 2. The zero-order valence-electron chi connectivity index (χ0n) is 27.3. The number of aromatic nitrogens is 7. The Morgan fingerprint density at radius 3 is 1.13 bits per heavy atom. The molecule has 8 heterocycles. The number of nitrogens with zero attached hydrogens (tertiary/aromatic N) is 5. The van der Waals surface area contributed by atoms with Crippen molar-refractivity contribution in [3.8, 4) is 44.5 Å². The Balaban J connectivity index is 1.49. The minimum atomic E-state index is 0.345. The molecule has 11 heteroatoms. The van der Waals surface area contributed by atoms with E-state index >= 15 is 0 Å². The first-order valence-electron chi connectivity index (χ1n) is 16.5. The highest BCUT2D eigenvalue weighted by Crippen LogP contribution is 2.37. The highest BCUT2D eigenvalue weighted by atomic mass is 16.5. The zero-order chi connectivity index (χ0) is 35.3. The molecule has 0 radical (unpaired) electrons. The average molecular weight is 682 g/mol.